The van der Waals surface area contributed by atoms with Crippen LogP contribution in [0.4, 0.5) is 0 Å². The predicted octanol–water partition coefficient (Wildman–Crippen LogP) is 3.24. The Bertz CT molecular complexity index is 747. The summed E-state index contributed by atoms with van der Waals surface area (Å²) in [7, 11) is 0. The summed E-state index contributed by atoms with van der Waals surface area (Å²) in [6.07, 6.45) is 2.20. The van der Waals surface area contributed by atoms with Crippen molar-refractivity contribution in [3.63, 3.8) is 0 Å². The average Bonchev–Trinajstić information content (AvgIpc) is 2.93. The molecule has 1 aromatic heterocycles. The topological polar surface area (TPSA) is 92.4 Å². The van der Waals surface area contributed by atoms with Crippen LogP contribution in [0.2, 0.25) is 5.02 Å². The number of thioether (sulfide) groups is 1. The van der Waals surface area contributed by atoms with Gasteiger partial charge >= 0.3 is 5.97 Å². The summed E-state index contributed by atoms with van der Waals surface area (Å²) in [6.45, 7) is 1.60. The fourth-order valence-electron chi connectivity index (χ4n) is 2.20. The molecular weight excluding hydrogens is 352 g/mol. The van der Waals surface area contributed by atoms with Gasteiger partial charge in [0.05, 0.1) is 5.02 Å². The number of rotatable bonds is 7. The molecule has 2 aromatic rings. The second-order valence-electron chi connectivity index (χ2n) is 5.09. The molecule has 0 fully saturated rings. The van der Waals surface area contributed by atoms with Crippen LogP contribution in [-0.4, -0.2) is 40.2 Å². The largest absolute Gasteiger partial charge is 0.480 e. The van der Waals surface area contributed by atoms with E-state index in [0.717, 1.165) is 0 Å². The summed E-state index contributed by atoms with van der Waals surface area (Å²) in [5.74, 6) is -0.698. The molecule has 1 amide bonds. The molecule has 0 bridgehead atoms. The molecule has 0 saturated carbocycles. The number of carboxylic acids is 1. The fourth-order valence-corrected chi connectivity index (χ4v) is 2.90. The van der Waals surface area contributed by atoms with Gasteiger partial charge in [0, 0.05) is 5.56 Å². The van der Waals surface area contributed by atoms with Crippen LogP contribution in [0.1, 0.15) is 22.5 Å². The Labute approximate surface area is 148 Å². The van der Waals surface area contributed by atoms with Gasteiger partial charge in [0.15, 0.2) is 0 Å². The summed E-state index contributed by atoms with van der Waals surface area (Å²) < 4.78 is 5.13. The molecular formula is C16H17ClN2O4S. The molecule has 2 rings (SSSR count). The first-order valence-corrected chi connectivity index (χ1v) is 8.96. The van der Waals surface area contributed by atoms with Crippen LogP contribution in [-0.2, 0) is 4.79 Å². The van der Waals surface area contributed by atoms with Crippen LogP contribution in [0.3, 0.4) is 0 Å². The maximum Gasteiger partial charge on any atom is 0.326 e. The zero-order chi connectivity index (χ0) is 17.7. The maximum atomic E-state index is 12.6. The number of carboxylic acid groups (broad SMARTS) is 1. The van der Waals surface area contributed by atoms with E-state index in [1.165, 1.54) is 11.8 Å². The summed E-state index contributed by atoms with van der Waals surface area (Å²) in [5, 5.41) is 16.1. The van der Waals surface area contributed by atoms with Gasteiger partial charge in [0.25, 0.3) is 5.91 Å². The number of benzene rings is 1. The Morgan fingerprint density at radius 2 is 2.12 bits per heavy atom. The molecule has 1 atom stereocenters. The number of aliphatic carboxylic acids is 1. The number of aryl methyl sites for hydroxylation is 1. The van der Waals surface area contributed by atoms with Crippen LogP contribution >= 0.6 is 23.4 Å². The van der Waals surface area contributed by atoms with Crippen molar-refractivity contribution in [3.8, 4) is 11.3 Å². The van der Waals surface area contributed by atoms with Crippen molar-refractivity contribution in [2.24, 2.45) is 0 Å². The van der Waals surface area contributed by atoms with Gasteiger partial charge in [-0.25, -0.2) is 4.79 Å². The molecule has 0 unspecified atom stereocenters. The number of hydrogen-bond acceptors (Lipinski definition) is 5. The van der Waals surface area contributed by atoms with E-state index in [4.69, 9.17) is 16.1 Å². The molecule has 0 aliphatic rings. The van der Waals surface area contributed by atoms with Crippen molar-refractivity contribution in [3.05, 3.63) is 40.6 Å². The third-order valence-electron chi connectivity index (χ3n) is 3.43. The molecule has 0 radical (unpaired) electrons. The number of halogens is 1. The third-order valence-corrected chi connectivity index (χ3v) is 4.41. The monoisotopic (exact) mass is 368 g/mol. The first-order valence-electron chi connectivity index (χ1n) is 7.19. The smallest absolute Gasteiger partial charge is 0.326 e. The van der Waals surface area contributed by atoms with Crippen molar-refractivity contribution < 1.29 is 19.2 Å². The van der Waals surface area contributed by atoms with Crippen molar-refractivity contribution >= 4 is 35.2 Å². The Kier molecular flexibility index (Phi) is 6.28. The molecule has 6 nitrogen and oxygen atoms in total. The van der Waals surface area contributed by atoms with Gasteiger partial charge in [-0.15, -0.1) is 0 Å². The van der Waals surface area contributed by atoms with E-state index in [-0.39, 0.29) is 5.56 Å². The normalized spacial score (nSPS) is 12.0. The number of carbonyl (C=O) groups excluding carboxylic acids is 1. The number of carbonyl (C=O) groups is 2. The lowest BCUT2D eigenvalue weighted by molar-refractivity contribution is -0.139. The Balaban J connectivity index is 2.32. The highest BCUT2D eigenvalue weighted by molar-refractivity contribution is 7.98. The number of amides is 1. The Morgan fingerprint density at radius 3 is 2.75 bits per heavy atom. The van der Waals surface area contributed by atoms with Gasteiger partial charge in [-0.1, -0.05) is 35.0 Å². The summed E-state index contributed by atoms with van der Waals surface area (Å²) in [5.41, 5.74) is 1.04. The van der Waals surface area contributed by atoms with Crippen molar-refractivity contribution in [2.45, 2.75) is 19.4 Å². The molecule has 8 heteroatoms. The minimum absolute atomic E-state index is 0.193. The second kappa shape index (κ2) is 8.21. The molecule has 0 saturated heterocycles. The summed E-state index contributed by atoms with van der Waals surface area (Å²) >= 11 is 7.67. The highest BCUT2D eigenvalue weighted by Crippen LogP contribution is 2.31. The van der Waals surface area contributed by atoms with E-state index < -0.39 is 17.9 Å². The third kappa shape index (κ3) is 4.10. The van der Waals surface area contributed by atoms with E-state index in [9.17, 15) is 14.7 Å². The van der Waals surface area contributed by atoms with Crippen molar-refractivity contribution in [1.29, 1.82) is 0 Å². The second-order valence-corrected chi connectivity index (χ2v) is 6.48. The van der Waals surface area contributed by atoms with E-state index in [1.54, 1.807) is 31.2 Å². The Morgan fingerprint density at radius 1 is 1.42 bits per heavy atom. The molecule has 0 spiro atoms. The van der Waals surface area contributed by atoms with Gasteiger partial charge in [-0.05, 0) is 31.4 Å². The Hall–Kier alpha value is -1.99. The van der Waals surface area contributed by atoms with Crippen LogP contribution in [0, 0.1) is 6.92 Å². The zero-order valence-corrected chi connectivity index (χ0v) is 14.8. The van der Waals surface area contributed by atoms with E-state index in [2.05, 4.69) is 10.5 Å². The average molecular weight is 369 g/mol. The zero-order valence-electron chi connectivity index (χ0n) is 13.2. The van der Waals surface area contributed by atoms with Crippen molar-refractivity contribution in [2.75, 3.05) is 12.0 Å². The van der Waals surface area contributed by atoms with E-state index >= 15 is 0 Å². The van der Waals surface area contributed by atoms with Crippen LogP contribution in [0.5, 0.6) is 0 Å². The number of nitrogens with zero attached hydrogens (tertiary/aromatic N) is 1. The highest BCUT2D eigenvalue weighted by Gasteiger charge is 2.27. The maximum absolute atomic E-state index is 12.6. The van der Waals surface area contributed by atoms with Gasteiger partial charge in [0.2, 0.25) is 0 Å². The minimum atomic E-state index is -1.08. The molecule has 2 N–H and O–H groups in total. The predicted molar refractivity (Wildman–Crippen MR) is 93.6 cm³/mol. The molecule has 1 heterocycles. The van der Waals surface area contributed by atoms with Crippen LogP contribution < -0.4 is 5.32 Å². The lowest BCUT2D eigenvalue weighted by Crippen LogP contribution is -2.41. The quantitative estimate of drug-likeness (QED) is 0.779. The number of hydrogen-bond donors (Lipinski definition) is 2. The van der Waals surface area contributed by atoms with Gasteiger partial charge in [-0.2, -0.15) is 11.8 Å². The standard InChI is InChI=1S/C16H17ClN2O4S/c1-9-13(15(20)18-12(16(21)22)7-8-24-2)14(19-23-9)10-5-3-4-6-11(10)17/h3-6,12H,7-8H2,1-2H3,(H,18,20)(H,21,22)/t12-/m1/s1. The number of nitrogens with one attached hydrogen (secondary N) is 1. The van der Waals surface area contributed by atoms with E-state index in [0.29, 0.717) is 34.2 Å². The summed E-state index contributed by atoms with van der Waals surface area (Å²) in [6, 6.07) is 5.96. The first kappa shape index (κ1) is 18.4. The lowest BCUT2D eigenvalue weighted by Gasteiger charge is -2.14. The molecule has 128 valence electrons. The highest BCUT2D eigenvalue weighted by atomic mass is 35.5. The van der Waals surface area contributed by atoms with Crippen LogP contribution in [0.15, 0.2) is 28.8 Å². The van der Waals surface area contributed by atoms with Crippen LogP contribution in [0.25, 0.3) is 11.3 Å². The lowest BCUT2D eigenvalue weighted by atomic mass is 10.0. The number of aromatic nitrogens is 1. The van der Waals surface area contributed by atoms with Crippen molar-refractivity contribution in [1.82, 2.24) is 10.5 Å². The van der Waals surface area contributed by atoms with E-state index in [1.807, 2.05) is 6.26 Å². The fraction of sp³-hybridized carbons (Fsp3) is 0.312. The van der Waals surface area contributed by atoms with Gasteiger partial charge in [0.1, 0.15) is 23.1 Å². The molecule has 0 aliphatic heterocycles. The summed E-state index contributed by atoms with van der Waals surface area (Å²) in [4.78, 5) is 23.9. The minimum Gasteiger partial charge on any atom is -0.480 e. The SMILES string of the molecule is CSCC[C@@H](NC(=O)c1c(-c2ccccc2Cl)noc1C)C(=O)O. The molecule has 0 aliphatic carbocycles. The molecule has 1 aromatic carbocycles. The molecule has 24 heavy (non-hydrogen) atoms. The van der Waals surface area contributed by atoms with Gasteiger partial charge in [-0.3, -0.25) is 4.79 Å². The first-order chi connectivity index (χ1) is 11.5. The van der Waals surface area contributed by atoms with Gasteiger partial charge < -0.3 is 14.9 Å².